The van der Waals surface area contributed by atoms with E-state index >= 15 is 0 Å². The molecule has 0 bridgehead atoms. The van der Waals surface area contributed by atoms with Gasteiger partial charge in [-0.3, -0.25) is 9.48 Å². The van der Waals surface area contributed by atoms with Crippen LogP contribution in [0.15, 0.2) is 6.20 Å². The summed E-state index contributed by atoms with van der Waals surface area (Å²) in [6, 6.07) is 0. The molecule has 1 fully saturated rings. The van der Waals surface area contributed by atoms with Crippen LogP contribution in [0, 0.1) is 6.92 Å². The number of rotatable bonds is 1. The van der Waals surface area contributed by atoms with E-state index in [0.29, 0.717) is 5.69 Å². The van der Waals surface area contributed by atoms with Gasteiger partial charge in [0.25, 0.3) is 5.91 Å². The Bertz CT molecular complexity index is 391. The number of amides is 1. The van der Waals surface area contributed by atoms with Gasteiger partial charge in [0.05, 0.1) is 0 Å². The SMILES string of the molecule is Cc1cn(C)nc1C(=O)N1CCN(C)CC1. The van der Waals surface area contributed by atoms with Crippen LogP contribution in [-0.2, 0) is 7.05 Å². The molecule has 2 heterocycles. The molecule has 88 valence electrons. The van der Waals surface area contributed by atoms with Crippen molar-refractivity contribution in [2.24, 2.45) is 7.05 Å². The predicted molar refractivity (Wildman–Crippen MR) is 61.3 cm³/mol. The monoisotopic (exact) mass is 222 g/mol. The average molecular weight is 222 g/mol. The lowest BCUT2D eigenvalue weighted by molar-refractivity contribution is 0.0656. The number of nitrogens with zero attached hydrogens (tertiary/aromatic N) is 4. The van der Waals surface area contributed by atoms with E-state index in [-0.39, 0.29) is 5.91 Å². The Balaban J connectivity index is 2.10. The number of piperazine rings is 1. The smallest absolute Gasteiger partial charge is 0.274 e. The first-order valence-corrected chi connectivity index (χ1v) is 5.56. The Labute approximate surface area is 95.6 Å². The Morgan fingerprint density at radius 1 is 1.25 bits per heavy atom. The number of hydrogen-bond donors (Lipinski definition) is 0. The maximum Gasteiger partial charge on any atom is 0.274 e. The van der Waals surface area contributed by atoms with Crippen LogP contribution in [0.25, 0.3) is 0 Å². The molecule has 0 spiro atoms. The highest BCUT2D eigenvalue weighted by Gasteiger charge is 2.23. The third-order valence-corrected chi connectivity index (χ3v) is 3.00. The van der Waals surface area contributed by atoms with E-state index in [1.807, 2.05) is 25.1 Å². The van der Waals surface area contributed by atoms with Gasteiger partial charge in [-0.15, -0.1) is 0 Å². The quantitative estimate of drug-likeness (QED) is 0.677. The molecule has 1 aliphatic rings. The van der Waals surface area contributed by atoms with Gasteiger partial charge >= 0.3 is 0 Å². The van der Waals surface area contributed by atoms with Crippen molar-refractivity contribution in [3.05, 3.63) is 17.5 Å². The van der Waals surface area contributed by atoms with E-state index in [4.69, 9.17) is 0 Å². The highest BCUT2D eigenvalue weighted by molar-refractivity contribution is 5.93. The molecule has 1 saturated heterocycles. The van der Waals surface area contributed by atoms with Gasteiger partial charge in [0.15, 0.2) is 5.69 Å². The number of aromatic nitrogens is 2. The van der Waals surface area contributed by atoms with Crippen LogP contribution in [0.3, 0.4) is 0 Å². The number of aryl methyl sites for hydroxylation is 2. The van der Waals surface area contributed by atoms with Crippen molar-refractivity contribution in [3.8, 4) is 0 Å². The fourth-order valence-electron chi connectivity index (χ4n) is 1.98. The summed E-state index contributed by atoms with van der Waals surface area (Å²) in [7, 11) is 3.92. The normalized spacial score (nSPS) is 17.8. The van der Waals surface area contributed by atoms with Crippen molar-refractivity contribution in [3.63, 3.8) is 0 Å². The molecule has 1 aromatic heterocycles. The minimum Gasteiger partial charge on any atom is -0.335 e. The van der Waals surface area contributed by atoms with Crippen LogP contribution < -0.4 is 0 Å². The van der Waals surface area contributed by atoms with E-state index in [0.717, 1.165) is 31.7 Å². The van der Waals surface area contributed by atoms with Crippen molar-refractivity contribution in [2.45, 2.75) is 6.92 Å². The highest BCUT2D eigenvalue weighted by Crippen LogP contribution is 2.10. The minimum atomic E-state index is 0.0613. The Kier molecular flexibility index (Phi) is 2.96. The summed E-state index contributed by atoms with van der Waals surface area (Å²) in [5.41, 5.74) is 1.54. The Morgan fingerprint density at radius 2 is 1.88 bits per heavy atom. The maximum atomic E-state index is 12.2. The third-order valence-electron chi connectivity index (χ3n) is 3.00. The summed E-state index contributed by atoms with van der Waals surface area (Å²) in [5.74, 6) is 0.0613. The number of hydrogen-bond acceptors (Lipinski definition) is 3. The van der Waals surface area contributed by atoms with Crippen molar-refractivity contribution in [2.75, 3.05) is 33.2 Å². The van der Waals surface area contributed by atoms with E-state index in [9.17, 15) is 4.79 Å². The lowest BCUT2D eigenvalue weighted by Crippen LogP contribution is -2.47. The van der Waals surface area contributed by atoms with E-state index in [1.165, 1.54) is 0 Å². The summed E-state index contributed by atoms with van der Waals surface area (Å²) >= 11 is 0. The minimum absolute atomic E-state index is 0.0613. The van der Waals surface area contributed by atoms with Crippen molar-refractivity contribution in [1.82, 2.24) is 19.6 Å². The van der Waals surface area contributed by atoms with Crippen molar-refractivity contribution in [1.29, 1.82) is 0 Å². The second kappa shape index (κ2) is 4.25. The number of carbonyl (C=O) groups excluding carboxylic acids is 1. The summed E-state index contributed by atoms with van der Waals surface area (Å²) < 4.78 is 1.69. The topological polar surface area (TPSA) is 41.4 Å². The van der Waals surface area contributed by atoms with Crippen LogP contribution in [0.4, 0.5) is 0 Å². The summed E-state index contributed by atoms with van der Waals surface area (Å²) in [5, 5.41) is 4.22. The van der Waals surface area contributed by atoms with E-state index in [1.54, 1.807) is 4.68 Å². The van der Waals surface area contributed by atoms with Crippen LogP contribution in [-0.4, -0.2) is 58.7 Å². The van der Waals surface area contributed by atoms with Gasteiger partial charge in [0.2, 0.25) is 0 Å². The molecule has 0 unspecified atom stereocenters. The molecule has 1 amide bonds. The zero-order valence-electron chi connectivity index (χ0n) is 10.1. The second-order valence-electron chi connectivity index (χ2n) is 4.43. The average Bonchev–Trinajstić information content (AvgIpc) is 2.58. The van der Waals surface area contributed by atoms with Crippen LogP contribution in [0.1, 0.15) is 16.1 Å². The molecule has 1 aromatic rings. The predicted octanol–water partition coefficient (Wildman–Crippen LogP) is 0.116. The first-order valence-electron chi connectivity index (χ1n) is 5.56. The fourth-order valence-corrected chi connectivity index (χ4v) is 1.98. The fraction of sp³-hybridized carbons (Fsp3) is 0.636. The molecule has 16 heavy (non-hydrogen) atoms. The highest BCUT2D eigenvalue weighted by atomic mass is 16.2. The molecule has 0 N–H and O–H groups in total. The van der Waals surface area contributed by atoms with Crippen molar-refractivity contribution < 1.29 is 4.79 Å². The molecule has 0 saturated carbocycles. The molecule has 0 atom stereocenters. The largest absolute Gasteiger partial charge is 0.335 e. The van der Waals surface area contributed by atoms with E-state index < -0.39 is 0 Å². The molecular formula is C11H18N4O. The molecule has 5 nitrogen and oxygen atoms in total. The van der Waals surface area contributed by atoms with Gasteiger partial charge in [-0.2, -0.15) is 5.10 Å². The zero-order valence-corrected chi connectivity index (χ0v) is 10.1. The first-order chi connectivity index (χ1) is 7.58. The van der Waals surface area contributed by atoms with Crippen LogP contribution >= 0.6 is 0 Å². The Hall–Kier alpha value is -1.36. The maximum absolute atomic E-state index is 12.2. The zero-order chi connectivity index (χ0) is 11.7. The summed E-state index contributed by atoms with van der Waals surface area (Å²) in [6.07, 6.45) is 1.88. The lowest BCUT2D eigenvalue weighted by Gasteiger charge is -2.32. The summed E-state index contributed by atoms with van der Waals surface area (Å²) in [6.45, 7) is 5.41. The van der Waals surface area contributed by atoms with Gasteiger partial charge in [0.1, 0.15) is 0 Å². The lowest BCUT2D eigenvalue weighted by atomic mass is 10.2. The molecule has 0 radical (unpaired) electrons. The van der Waals surface area contributed by atoms with Gasteiger partial charge < -0.3 is 9.80 Å². The standard InChI is InChI=1S/C11H18N4O/c1-9-8-14(3)12-10(9)11(16)15-6-4-13(2)5-7-15/h8H,4-7H2,1-3H3. The van der Waals surface area contributed by atoms with Crippen LogP contribution in [0.2, 0.25) is 0 Å². The van der Waals surface area contributed by atoms with Crippen molar-refractivity contribution >= 4 is 5.91 Å². The first kappa shape index (κ1) is 11.1. The summed E-state index contributed by atoms with van der Waals surface area (Å²) in [4.78, 5) is 16.3. The molecule has 1 aliphatic heterocycles. The van der Waals surface area contributed by atoms with Crippen LogP contribution in [0.5, 0.6) is 0 Å². The number of carbonyl (C=O) groups is 1. The van der Waals surface area contributed by atoms with E-state index in [2.05, 4.69) is 17.0 Å². The Morgan fingerprint density at radius 3 is 2.38 bits per heavy atom. The van der Waals surface area contributed by atoms with Gasteiger partial charge in [-0.25, -0.2) is 0 Å². The molecule has 0 aromatic carbocycles. The number of likely N-dealkylation sites (N-methyl/N-ethyl adjacent to an activating group) is 1. The molecule has 5 heteroatoms. The second-order valence-corrected chi connectivity index (χ2v) is 4.43. The van der Waals surface area contributed by atoms with Gasteiger partial charge in [-0.05, 0) is 14.0 Å². The molecule has 0 aliphatic carbocycles. The third kappa shape index (κ3) is 2.09. The molecular weight excluding hydrogens is 204 g/mol. The molecule has 2 rings (SSSR count). The van der Waals surface area contributed by atoms with Gasteiger partial charge in [-0.1, -0.05) is 0 Å². The van der Waals surface area contributed by atoms with Gasteiger partial charge in [0, 0.05) is 45.0 Å².